The smallest absolute Gasteiger partial charge is 0.443 e. The number of nitrogens with zero attached hydrogens (tertiary/aromatic N) is 1. The molecule has 0 aliphatic carbocycles. The van der Waals surface area contributed by atoms with Crippen LogP contribution in [0.15, 0.2) is 22.9 Å². The Labute approximate surface area is 110 Å². The summed E-state index contributed by atoms with van der Waals surface area (Å²) in [7, 11) is 1.63. The van der Waals surface area contributed by atoms with Gasteiger partial charge in [-0.05, 0) is 24.7 Å². The molecule has 18 heavy (non-hydrogen) atoms. The summed E-state index contributed by atoms with van der Waals surface area (Å²) in [6.07, 6.45) is -1.85. The maximum Gasteiger partial charge on any atom is 0.443 e. The van der Waals surface area contributed by atoms with Gasteiger partial charge in [-0.1, -0.05) is 0 Å². The topological polar surface area (TPSA) is 38.1 Å². The standard InChI is InChI=1S/C10H8ClF3N2OS/c1-15-7(5-2-3-17-8(5)11)6-4-16-9(18-6)10(12,13)14/h2-4,7,15H,1H3. The molecule has 0 aromatic carbocycles. The zero-order chi connectivity index (χ0) is 13.3. The van der Waals surface area contributed by atoms with Crippen LogP contribution in [-0.2, 0) is 6.18 Å². The van der Waals surface area contributed by atoms with Gasteiger partial charge in [0.1, 0.15) is 0 Å². The van der Waals surface area contributed by atoms with E-state index in [4.69, 9.17) is 16.0 Å². The minimum Gasteiger partial charge on any atom is -0.453 e. The number of rotatable bonds is 3. The van der Waals surface area contributed by atoms with E-state index in [0.29, 0.717) is 21.8 Å². The molecule has 3 nitrogen and oxygen atoms in total. The summed E-state index contributed by atoms with van der Waals surface area (Å²) in [5, 5.41) is 2.16. The fraction of sp³-hybridized carbons (Fsp3) is 0.300. The third-order valence-electron chi connectivity index (χ3n) is 2.30. The summed E-state index contributed by atoms with van der Waals surface area (Å²) in [6, 6.07) is 1.14. The molecular weight excluding hydrogens is 289 g/mol. The van der Waals surface area contributed by atoms with Crippen molar-refractivity contribution in [2.45, 2.75) is 12.2 Å². The minimum atomic E-state index is -4.43. The zero-order valence-electron chi connectivity index (χ0n) is 9.08. The van der Waals surface area contributed by atoms with Crippen molar-refractivity contribution in [1.29, 1.82) is 0 Å². The lowest BCUT2D eigenvalue weighted by Gasteiger charge is -2.12. The molecular formula is C10H8ClF3N2OS. The van der Waals surface area contributed by atoms with E-state index in [2.05, 4.69) is 10.3 Å². The first-order valence-electron chi connectivity index (χ1n) is 4.86. The Balaban J connectivity index is 2.35. The first kappa shape index (κ1) is 13.4. The third-order valence-corrected chi connectivity index (χ3v) is 3.71. The predicted molar refractivity (Wildman–Crippen MR) is 61.7 cm³/mol. The fourth-order valence-corrected chi connectivity index (χ4v) is 2.65. The molecule has 1 unspecified atom stereocenters. The molecule has 1 N–H and O–H groups in total. The molecule has 0 spiro atoms. The van der Waals surface area contributed by atoms with Crippen LogP contribution in [0.2, 0.25) is 5.22 Å². The molecule has 2 aromatic heterocycles. The molecule has 8 heteroatoms. The van der Waals surface area contributed by atoms with Gasteiger partial charge in [0.15, 0.2) is 10.2 Å². The van der Waals surface area contributed by atoms with Gasteiger partial charge in [-0.25, -0.2) is 4.98 Å². The first-order valence-corrected chi connectivity index (χ1v) is 6.06. The van der Waals surface area contributed by atoms with Gasteiger partial charge in [-0.15, -0.1) is 11.3 Å². The second-order valence-electron chi connectivity index (χ2n) is 3.44. The van der Waals surface area contributed by atoms with Gasteiger partial charge in [-0.2, -0.15) is 13.2 Å². The van der Waals surface area contributed by atoms with E-state index in [1.807, 2.05) is 0 Å². The van der Waals surface area contributed by atoms with Crippen LogP contribution in [0.5, 0.6) is 0 Å². The lowest BCUT2D eigenvalue weighted by Crippen LogP contribution is -2.16. The van der Waals surface area contributed by atoms with Gasteiger partial charge in [-0.3, -0.25) is 0 Å². The Morgan fingerprint density at radius 1 is 1.50 bits per heavy atom. The maximum atomic E-state index is 12.5. The number of furan rings is 1. The van der Waals surface area contributed by atoms with Crippen molar-refractivity contribution >= 4 is 22.9 Å². The molecule has 0 aliphatic rings. The van der Waals surface area contributed by atoms with Gasteiger partial charge in [0.2, 0.25) is 0 Å². The SMILES string of the molecule is CNC(c1cnc(C(F)(F)F)s1)c1ccoc1Cl. The van der Waals surface area contributed by atoms with Crippen LogP contribution < -0.4 is 5.32 Å². The second kappa shape index (κ2) is 4.91. The van der Waals surface area contributed by atoms with Gasteiger partial charge >= 0.3 is 6.18 Å². The highest BCUT2D eigenvalue weighted by Crippen LogP contribution is 2.37. The Morgan fingerprint density at radius 2 is 2.22 bits per heavy atom. The molecule has 0 fully saturated rings. The van der Waals surface area contributed by atoms with E-state index in [0.717, 1.165) is 0 Å². The fourth-order valence-electron chi connectivity index (χ4n) is 1.51. The monoisotopic (exact) mass is 296 g/mol. The van der Waals surface area contributed by atoms with Crippen LogP contribution >= 0.6 is 22.9 Å². The van der Waals surface area contributed by atoms with Crippen molar-refractivity contribution in [3.63, 3.8) is 0 Å². The summed E-state index contributed by atoms with van der Waals surface area (Å²) in [5.41, 5.74) is 0.580. The Morgan fingerprint density at radius 3 is 2.67 bits per heavy atom. The van der Waals surface area contributed by atoms with E-state index in [1.165, 1.54) is 12.5 Å². The summed E-state index contributed by atoms with van der Waals surface area (Å²) in [6.45, 7) is 0. The molecule has 2 aromatic rings. The molecule has 0 radical (unpaired) electrons. The number of thiazole rings is 1. The number of nitrogens with one attached hydrogen (secondary N) is 1. The lowest BCUT2D eigenvalue weighted by atomic mass is 10.1. The summed E-state index contributed by atoms with van der Waals surface area (Å²) in [4.78, 5) is 3.80. The number of hydrogen-bond donors (Lipinski definition) is 1. The average Bonchev–Trinajstić information content (AvgIpc) is 2.89. The normalized spacial score (nSPS) is 13.8. The average molecular weight is 297 g/mol. The van der Waals surface area contributed by atoms with Crippen LogP contribution in [0.3, 0.4) is 0 Å². The third kappa shape index (κ3) is 2.52. The second-order valence-corrected chi connectivity index (χ2v) is 4.84. The van der Waals surface area contributed by atoms with Crippen LogP contribution in [0.4, 0.5) is 13.2 Å². The molecule has 0 saturated carbocycles. The highest BCUT2D eigenvalue weighted by atomic mass is 35.5. The van der Waals surface area contributed by atoms with Crippen molar-refractivity contribution in [2.24, 2.45) is 0 Å². The van der Waals surface area contributed by atoms with Crippen LogP contribution in [0.1, 0.15) is 21.5 Å². The van der Waals surface area contributed by atoms with Gasteiger partial charge in [0.05, 0.1) is 12.3 Å². The number of alkyl halides is 3. The largest absolute Gasteiger partial charge is 0.453 e. The van der Waals surface area contributed by atoms with Crippen molar-refractivity contribution in [2.75, 3.05) is 7.05 Å². The Bertz CT molecular complexity index is 537. The van der Waals surface area contributed by atoms with Gasteiger partial charge < -0.3 is 9.73 Å². The molecule has 0 amide bonds. The molecule has 0 bridgehead atoms. The van der Waals surface area contributed by atoms with Crippen LogP contribution in [0, 0.1) is 0 Å². The Hall–Kier alpha value is -1.05. The van der Waals surface area contributed by atoms with E-state index in [1.54, 1.807) is 13.1 Å². The van der Waals surface area contributed by atoms with Crippen molar-refractivity contribution in [3.05, 3.63) is 39.2 Å². The lowest BCUT2D eigenvalue weighted by molar-refractivity contribution is -0.137. The summed E-state index contributed by atoms with van der Waals surface area (Å²) >= 11 is 6.40. The number of aromatic nitrogens is 1. The molecule has 1 atom stereocenters. The van der Waals surface area contributed by atoms with Crippen LogP contribution in [-0.4, -0.2) is 12.0 Å². The molecule has 2 heterocycles. The summed E-state index contributed by atoms with van der Waals surface area (Å²) < 4.78 is 42.3. The first-order chi connectivity index (χ1) is 8.43. The van der Waals surface area contributed by atoms with Crippen molar-refractivity contribution < 1.29 is 17.6 Å². The zero-order valence-corrected chi connectivity index (χ0v) is 10.7. The molecule has 0 saturated heterocycles. The van der Waals surface area contributed by atoms with Crippen molar-refractivity contribution in [3.8, 4) is 0 Å². The number of halogens is 4. The van der Waals surface area contributed by atoms with Crippen molar-refractivity contribution in [1.82, 2.24) is 10.3 Å². The quantitative estimate of drug-likeness (QED) is 0.938. The maximum absolute atomic E-state index is 12.5. The minimum absolute atomic E-state index is 0.149. The molecule has 98 valence electrons. The van der Waals surface area contributed by atoms with E-state index >= 15 is 0 Å². The van der Waals surface area contributed by atoms with E-state index < -0.39 is 17.2 Å². The van der Waals surface area contributed by atoms with Gasteiger partial charge in [0.25, 0.3) is 0 Å². The highest BCUT2D eigenvalue weighted by molar-refractivity contribution is 7.11. The molecule has 0 aliphatic heterocycles. The molecule has 2 rings (SSSR count). The Kier molecular flexibility index (Phi) is 3.65. The van der Waals surface area contributed by atoms with E-state index in [9.17, 15) is 13.2 Å². The van der Waals surface area contributed by atoms with E-state index in [-0.39, 0.29) is 5.22 Å². The predicted octanol–water partition coefficient (Wildman–Crippen LogP) is 3.72. The van der Waals surface area contributed by atoms with Gasteiger partial charge in [0, 0.05) is 16.6 Å². The highest BCUT2D eigenvalue weighted by Gasteiger charge is 2.35. The summed E-state index contributed by atoms with van der Waals surface area (Å²) in [5.74, 6) is 0. The van der Waals surface area contributed by atoms with Crippen LogP contribution in [0.25, 0.3) is 0 Å². The number of hydrogen-bond acceptors (Lipinski definition) is 4.